The molecule has 0 bridgehead atoms. The Bertz CT molecular complexity index is 771. The number of amides is 1. The number of fused-ring (bicyclic) bond motifs is 1. The van der Waals surface area contributed by atoms with Gasteiger partial charge < -0.3 is 15.3 Å². The van der Waals surface area contributed by atoms with Gasteiger partial charge in [0.1, 0.15) is 0 Å². The van der Waals surface area contributed by atoms with Crippen LogP contribution in [0.3, 0.4) is 0 Å². The van der Waals surface area contributed by atoms with E-state index in [4.69, 9.17) is 0 Å². The number of aromatic amines is 2. The average molecular weight is 282 g/mol. The van der Waals surface area contributed by atoms with Gasteiger partial charge in [-0.15, -0.1) is 0 Å². The van der Waals surface area contributed by atoms with Gasteiger partial charge >= 0.3 is 0 Å². The summed E-state index contributed by atoms with van der Waals surface area (Å²) < 4.78 is 0. The summed E-state index contributed by atoms with van der Waals surface area (Å²) in [4.78, 5) is 22.5. The molecule has 0 aliphatic rings. The van der Waals surface area contributed by atoms with Gasteiger partial charge in [-0.3, -0.25) is 4.79 Å². The zero-order chi connectivity index (χ0) is 14.8. The first-order valence-corrected chi connectivity index (χ1v) is 6.99. The summed E-state index contributed by atoms with van der Waals surface area (Å²) in [5.74, 6) is -0.0466. The van der Waals surface area contributed by atoms with Crippen LogP contribution in [0.4, 0.5) is 0 Å². The Hall–Kier alpha value is -2.56. The van der Waals surface area contributed by atoms with Crippen molar-refractivity contribution in [2.24, 2.45) is 0 Å². The molecule has 3 aromatic rings. The molecule has 0 fully saturated rings. The molecule has 2 aromatic heterocycles. The van der Waals surface area contributed by atoms with Gasteiger partial charge in [-0.1, -0.05) is 0 Å². The summed E-state index contributed by atoms with van der Waals surface area (Å²) in [6.07, 6.45) is 4.16. The van der Waals surface area contributed by atoms with Crippen LogP contribution < -0.4 is 5.32 Å². The van der Waals surface area contributed by atoms with Crippen LogP contribution >= 0.6 is 0 Å². The Morgan fingerprint density at radius 1 is 1.33 bits per heavy atom. The van der Waals surface area contributed by atoms with Gasteiger partial charge in [-0.2, -0.15) is 0 Å². The largest absolute Gasteiger partial charge is 0.358 e. The lowest BCUT2D eigenvalue weighted by atomic mass is 10.1. The summed E-state index contributed by atoms with van der Waals surface area (Å²) in [7, 11) is 0. The van der Waals surface area contributed by atoms with Crippen molar-refractivity contribution in [1.82, 2.24) is 20.3 Å². The molecule has 0 aliphatic heterocycles. The molecule has 5 heteroatoms. The molecule has 0 unspecified atom stereocenters. The van der Waals surface area contributed by atoms with Crippen LogP contribution in [0.25, 0.3) is 10.9 Å². The minimum Gasteiger partial charge on any atom is -0.358 e. The lowest BCUT2D eigenvalue weighted by molar-refractivity contribution is 0.0954. The number of H-pyrrole nitrogens is 2. The number of hydrogen-bond acceptors (Lipinski definition) is 2. The Morgan fingerprint density at radius 3 is 2.95 bits per heavy atom. The Labute approximate surface area is 122 Å². The molecule has 2 heterocycles. The highest BCUT2D eigenvalue weighted by molar-refractivity contribution is 5.99. The second-order valence-corrected chi connectivity index (χ2v) is 5.22. The predicted octanol–water partition coefficient (Wildman–Crippen LogP) is 2.48. The number of rotatable bonds is 4. The molecular weight excluding hydrogens is 264 g/mol. The zero-order valence-electron chi connectivity index (χ0n) is 12.2. The first-order valence-electron chi connectivity index (χ1n) is 6.99. The van der Waals surface area contributed by atoms with Crippen molar-refractivity contribution in [2.45, 2.75) is 20.3 Å². The van der Waals surface area contributed by atoms with E-state index in [0.29, 0.717) is 12.1 Å². The van der Waals surface area contributed by atoms with Gasteiger partial charge in [0.2, 0.25) is 0 Å². The molecule has 21 heavy (non-hydrogen) atoms. The number of carbonyl (C=O) groups is 1. The molecule has 0 aliphatic carbocycles. The molecule has 0 saturated carbocycles. The second kappa shape index (κ2) is 5.44. The fraction of sp³-hybridized carbons (Fsp3) is 0.250. The number of benzene rings is 1. The van der Waals surface area contributed by atoms with Crippen molar-refractivity contribution >= 4 is 16.8 Å². The lowest BCUT2D eigenvalue weighted by Gasteiger charge is -2.05. The summed E-state index contributed by atoms with van der Waals surface area (Å²) in [5, 5.41) is 4.04. The van der Waals surface area contributed by atoms with Crippen LogP contribution in [0, 0.1) is 13.8 Å². The molecule has 3 N–H and O–H groups in total. The normalized spacial score (nSPS) is 11.0. The van der Waals surface area contributed by atoms with Gasteiger partial charge in [0.25, 0.3) is 5.91 Å². The highest BCUT2D eigenvalue weighted by atomic mass is 16.1. The molecule has 3 rings (SSSR count). The minimum absolute atomic E-state index is 0.0466. The number of aryl methyl sites for hydroxylation is 2. The van der Waals surface area contributed by atoms with Gasteiger partial charge in [0.05, 0.1) is 6.33 Å². The molecule has 0 spiro atoms. The maximum absolute atomic E-state index is 12.2. The topological polar surface area (TPSA) is 73.6 Å². The fourth-order valence-corrected chi connectivity index (χ4v) is 2.44. The van der Waals surface area contributed by atoms with Gasteiger partial charge in [-0.25, -0.2) is 4.98 Å². The molecule has 0 saturated heterocycles. The van der Waals surface area contributed by atoms with Crippen LogP contribution in [0.1, 0.15) is 27.3 Å². The monoisotopic (exact) mass is 282 g/mol. The van der Waals surface area contributed by atoms with E-state index >= 15 is 0 Å². The fourth-order valence-electron chi connectivity index (χ4n) is 2.44. The Balaban J connectivity index is 1.70. The number of hydrogen-bond donors (Lipinski definition) is 3. The van der Waals surface area contributed by atoms with Crippen LogP contribution in [0.5, 0.6) is 0 Å². The first-order chi connectivity index (χ1) is 10.1. The van der Waals surface area contributed by atoms with Crippen molar-refractivity contribution in [3.8, 4) is 0 Å². The Morgan fingerprint density at radius 2 is 2.19 bits per heavy atom. The average Bonchev–Trinajstić information content (AvgIpc) is 3.08. The van der Waals surface area contributed by atoms with Crippen molar-refractivity contribution < 1.29 is 4.79 Å². The molecule has 5 nitrogen and oxygen atoms in total. The van der Waals surface area contributed by atoms with E-state index in [1.54, 1.807) is 12.5 Å². The summed E-state index contributed by atoms with van der Waals surface area (Å²) in [5.41, 5.74) is 5.11. The highest BCUT2D eigenvalue weighted by Crippen LogP contribution is 2.22. The molecule has 1 amide bonds. The van der Waals surface area contributed by atoms with Crippen LogP contribution in [0.2, 0.25) is 0 Å². The van der Waals surface area contributed by atoms with Crippen LogP contribution in [-0.4, -0.2) is 27.4 Å². The van der Waals surface area contributed by atoms with E-state index in [-0.39, 0.29) is 5.91 Å². The molecule has 0 radical (unpaired) electrons. The number of nitrogens with zero attached hydrogens (tertiary/aromatic N) is 1. The molecule has 108 valence electrons. The summed E-state index contributed by atoms with van der Waals surface area (Å²) in [6, 6.07) is 5.75. The smallest absolute Gasteiger partial charge is 0.251 e. The molecule has 1 aromatic carbocycles. The van der Waals surface area contributed by atoms with Gasteiger partial charge in [-0.05, 0) is 37.6 Å². The second-order valence-electron chi connectivity index (χ2n) is 5.22. The lowest BCUT2D eigenvalue weighted by Crippen LogP contribution is -2.25. The van der Waals surface area contributed by atoms with Crippen molar-refractivity contribution in [3.63, 3.8) is 0 Å². The quantitative estimate of drug-likeness (QED) is 0.687. The van der Waals surface area contributed by atoms with Gasteiger partial charge in [0.15, 0.2) is 0 Å². The molecule has 0 atom stereocenters. The zero-order valence-corrected chi connectivity index (χ0v) is 12.2. The summed E-state index contributed by atoms with van der Waals surface area (Å²) >= 11 is 0. The van der Waals surface area contributed by atoms with E-state index in [2.05, 4.69) is 27.2 Å². The maximum atomic E-state index is 12.2. The maximum Gasteiger partial charge on any atom is 0.251 e. The van der Waals surface area contributed by atoms with Crippen molar-refractivity contribution in [1.29, 1.82) is 0 Å². The summed E-state index contributed by atoms with van der Waals surface area (Å²) in [6.45, 7) is 4.69. The highest BCUT2D eigenvalue weighted by Gasteiger charge is 2.09. The third kappa shape index (κ3) is 2.67. The van der Waals surface area contributed by atoms with Crippen LogP contribution in [-0.2, 0) is 6.42 Å². The number of carbonyl (C=O) groups excluding carboxylic acids is 1. The van der Waals surface area contributed by atoms with Gasteiger partial charge in [0, 0.05) is 47.0 Å². The third-order valence-corrected chi connectivity index (χ3v) is 3.81. The van der Waals surface area contributed by atoms with E-state index in [1.807, 2.05) is 25.1 Å². The number of nitrogens with one attached hydrogen (secondary N) is 3. The number of imidazole rings is 1. The van der Waals surface area contributed by atoms with Crippen LogP contribution in [0.15, 0.2) is 30.7 Å². The van der Waals surface area contributed by atoms with Crippen molar-refractivity contribution in [2.75, 3.05) is 6.54 Å². The molecular formula is C16H18N4O. The standard InChI is InChI=1S/C16H18N4O/c1-10-11(2)20-15-4-3-12(7-14(10)15)16(21)18-6-5-13-8-17-9-19-13/h3-4,7-9,20H,5-6H2,1-2H3,(H,17,19)(H,18,21). The van der Waals surface area contributed by atoms with E-state index in [1.165, 1.54) is 5.56 Å². The first kappa shape index (κ1) is 13.4. The van der Waals surface area contributed by atoms with E-state index in [0.717, 1.165) is 28.7 Å². The van der Waals surface area contributed by atoms with E-state index in [9.17, 15) is 4.79 Å². The minimum atomic E-state index is -0.0466. The Kier molecular flexibility index (Phi) is 3.48. The third-order valence-electron chi connectivity index (χ3n) is 3.81. The number of aromatic nitrogens is 3. The predicted molar refractivity (Wildman–Crippen MR) is 82.4 cm³/mol. The SMILES string of the molecule is Cc1[nH]c2ccc(C(=O)NCCc3cnc[nH]3)cc2c1C. The van der Waals surface area contributed by atoms with Crippen molar-refractivity contribution in [3.05, 3.63) is 53.2 Å². The van der Waals surface area contributed by atoms with E-state index < -0.39 is 0 Å².